The molecule has 0 radical (unpaired) electrons. The maximum Gasteiger partial charge on any atom is 0.418 e. The van der Waals surface area contributed by atoms with Crippen LogP contribution in [-0.2, 0) is 145 Å². The lowest BCUT2D eigenvalue weighted by molar-refractivity contribution is -0.137. The van der Waals surface area contributed by atoms with E-state index in [1.807, 2.05) is 194 Å². The van der Waals surface area contributed by atoms with E-state index < -0.39 is 66.7 Å². The summed E-state index contributed by atoms with van der Waals surface area (Å²) in [7, 11) is -16.8. The van der Waals surface area contributed by atoms with Gasteiger partial charge in [0, 0.05) is 72.3 Å². The predicted octanol–water partition coefficient (Wildman–Crippen LogP) is 24.5. The molecule has 742 valence electrons. The highest BCUT2D eigenvalue weighted by atomic mass is 32.2. The van der Waals surface area contributed by atoms with Crippen LogP contribution in [0.15, 0.2) is 243 Å². The molecule has 5 aliphatic rings. The third kappa shape index (κ3) is 29.8. The highest BCUT2D eigenvalue weighted by molar-refractivity contribution is 7.91. The van der Waals surface area contributed by atoms with Crippen LogP contribution in [0.4, 0.5) is 41.6 Å². The summed E-state index contributed by atoms with van der Waals surface area (Å²) in [6.07, 6.45) is 17.2. The van der Waals surface area contributed by atoms with Crippen LogP contribution in [0.25, 0.3) is 0 Å². The van der Waals surface area contributed by atoms with E-state index in [0.29, 0.717) is 64.9 Å². The number of allylic oxidation sites excluding steroid dienone is 5. The zero-order valence-electron chi connectivity index (χ0n) is 82.2. The minimum atomic E-state index is -4.58. The molecule has 0 saturated carbocycles. The molecule has 15 rings (SSSR count). The number of benzene rings is 10. The van der Waals surface area contributed by atoms with E-state index in [9.17, 15) is 65.8 Å². The highest BCUT2D eigenvalue weighted by Gasteiger charge is 2.40. The Kier molecular flexibility index (Phi) is 37.9. The third-order valence-corrected chi connectivity index (χ3v) is 32.9. The molecule has 10 aromatic carbocycles. The molecule has 0 aliphatic carbocycles. The first kappa shape index (κ1) is 111. The molecule has 0 spiro atoms. The summed E-state index contributed by atoms with van der Waals surface area (Å²) in [6.45, 7) is 44.2. The van der Waals surface area contributed by atoms with Gasteiger partial charge in [-0.3, -0.25) is 0 Å². The average molecular weight is 2000 g/mol. The van der Waals surface area contributed by atoms with Gasteiger partial charge in [-0.1, -0.05) is 252 Å². The fraction of sp³-hybridized carbons (Fsp3) is 0.345. The number of fused-ring (bicyclic) bond motifs is 5. The average Bonchev–Trinajstić information content (AvgIpc) is 0.800. The molecule has 0 fully saturated rings. The van der Waals surface area contributed by atoms with Crippen molar-refractivity contribution in [1.82, 2.24) is 0 Å². The fourth-order valence-corrected chi connectivity index (χ4v) is 26.1. The van der Waals surface area contributed by atoms with Crippen LogP contribution in [0.5, 0.6) is 0 Å². The lowest BCUT2D eigenvalue weighted by atomic mass is 9.93. The molecule has 0 N–H and O–H groups in total. The monoisotopic (exact) mass is 2000 g/mol. The smallest absolute Gasteiger partial charge is 0.345 e. The summed E-state index contributed by atoms with van der Waals surface area (Å²) < 4.78 is 169. The summed E-state index contributed by atoms with van der Waals surface area (Å²) >= 11 is 0. The number of nitrogens with zero attached hydrogens (tertiary/aromatic N) is 7. The molecule has 5 heterocycles. The first-order chi connectivity index (χ1) is 66.3. The zero-order valence-corrected chi connectivity index (χ0v) is 86.3. The maximum atomic E-state index is 13.9. The van der Waals surface area contributed by atoms with Crippen LogP contribution in [0.2, 0.25) is 0 Å². The Hall–Kier alpha value is -12.5. The highest BCUT2D eigenvalue weighted by Crippen LogP contribution is 2.46. The third-order valence-electron chi connectivity index (χ3n) is 25.2. The first-order valence-corrected chi connectivity index (χ1v) is 56.6. The van der Waals surface area contributed by atoms with Crippen LogP contribution < -0.4 is 24.5 Å². The first-order valence-electron chi connectivity index (χ1n) is 47.5. The predicted molar refractivity (Wildman–Crippen MR) is 573 cm³/mol. The van der Waals surface area contributed by atoms with Crippen molar-refractivity contribution in [2.24, 2.45) is 0 Å². The molecule has 25 heteroatoms. The topological polar surface area (TPSA) is 234 Å². The largest absolute Gasteiger partial charge is 0.418 e. The van der Waals surface area contributed by atoms with Crippen LogP contribution in [-0.4, -0.2) is 74.8 Å². The van der Waals surface area contributed by atoms with E-state index in [1.54, 1.807) is 35.2 Å². The molecule has 0 unspecified atom stereocenters. The van der Waals surface area contributed by atoms with Gasteiger partial charge in [-0.25, -0.2) is 42.1 Å². The Bertz CT molecular complexity index is 6770. The van der Waals surface area contributed by atoms with Crippen molar-refractivity contribution in [1.29, 1.82) is 10.5 Å². The van der Waals surface area contributed by atoms with E-state index in [0.717, 1.165) is 237 Å². The number of terminal acetylenes is 2. The van der Waals surface area contributed by atoms with Gasteiger partial charge in [0.2, 0.25) is 0 Å². The number of anilines is 5. The Morgan fingerprint density at radius 1 is 0.291 bits per heavy atom. The molecular formula is C116H132F3N7O10S5. The summed E-state index contributed by atoms with van der Waals surface area (Å²) in [5.41, 5.74) is 27.7. The molecule has 10 aromatic rings. The van der Waals surface area contributed by atoms with Gasteiger partial charge >= 0.3 is 6.18 Å². The number of nitriles is 2. The van der Waals surface area contributed by atoms with Crippen LogP contribution in [0.3, 0.4) is 0 Å². The minimum Gasteiger partial charge on any atom is -0.345 e. The molecule has 0 amide bonds. The second-order valence-electron chi connectivity index (χ2n) is 37.1. The number of rotatable bonds is 28. The fourth-order valence-electron chi connectivity index (χ4n) is 18.7. The standard InChI is InChI=1S/C24H27NO2S.C23H26F3NO2S.C23H26N2O2S.C23H25NO2S.C22H24N2O2S.CH4/c1-5-13-25-19(4)9-12-23-15-21(14-22(6-2)24(23)25)17-28(26,27)16-20-10-7-18(3)8-11-20;1-4-11-27-17(3)7-10-20-12-19(13-21(22(20)27)23(24,25)26)15-30(28,29)14-18-8-5-16(2)6-9-18;1-4-11-25-18(3)7-10-21-12-20(13-22(14-24)23(21)25)16-28(26,27)15-19-8-5-17(2)6-9-19;1-5-21-13-20(14-22-12-9-18(4)24(6-2)23(21)22)16-27(25,26)15-19-10-7-17(3)8-11-19;1-4-24-17(3)7-10-20-11-19(12-21(13-23)22(20)24)15-27(25,26)14-18-8-5-16(2)6-9-18;/h2,7-8,10-11,14-15H,4-5,9,12-13,16-17H2,1,3H3;5-6,8-9,12-13H,3-4,7,10-11,14-15H2,1-2H3;5-6,8-9,12-13H,3-4,7,10-11,15-16H2,1-2H3;1,7-8,10-11,13-14H,4,6,9,12,15-16H2,2-3H3;5-6,8-9,11-12H,3-4,7,10,14-15H2,1-2H3;1H4. The summed E-state index contributed by atoms with van der Waals surface area (Å²) in [4.78, 5) is 10.1. The number of hydrogen-bond donors (Lipinski definition) is 0. The van der Waals surface area contributed by atoms with E-state index in [-0.39, 0.29) is 70.5 Å². The van der Waals surface area contributed by atoms with Crippen molar-refractivity contribution in [3.63, 3.8) is 0 Å². The van der Waals surface area contributed by atoms with Gasteiger partial charge in [-0.05, 0) is 246 Å². The van der Waals surface area contributed by atoms with E-state index in [2.05, 4.69) is 97.2 Å². The molecule has 0 saturated heterocycles. The van der Waals surface area contributed by atoms with Gasteiger partial charge in [0.25, 0.3) is 0 Å². The van der Waals surface area contributed by atoms with Gasteiger partial charge in [-0.2, -0.15) is 23.7 Å². The summed E-state index contributed by atoms with van der Waals surface area (Å²) in [5, 5.41) is 19.3. The van der Waals surface area contributed by atoms with Gasteiger partial charge < -0.3 is 24.5 Å². The molecule has 0 aromatic heterocycles. The van der Waals surface area contributed by atoms with Crippen LogP contribution >= 0.6 is 0 Å². The van der Waals surface area contributed by atoms with Crippen LogP contribution in [0.1, 0.15) is 232 Å². The second-order valence-corrected chi connectivity index (χ2v) is 47.5. The molecule has 0 bridgehead atoms. The molecule has 5 aliphatic heterocycles. The number of hydrogen-bond acceptors (Lipinski definition) is 17. The van der Waals surface area contributed by atoms with Crippen molar-refractivity contribution in [3.05, 3.63) is 382 Å². The lowest BCUT2D eigenvalue weighted by Gasteiger charge is -2.35. The van der Waals surface area contributed by atoms with Crippen molar-refractivity contribution in [3.8, 4) is 36.8 Å². The molecular weight excluding hydrogens is 1870 g/mol. The van der Waals surface area contributed by atoms with Crippen molar-refractivity contribution >= 4 is 77.6 Å². The quantitative estimate of drug-likeness (QED) is 0.0415. The Labute approximate surface area is 837 Å². The van der Waals surface area contributed by atoms with E-state index in [1.165, 1.54) is 0 Å². The number of sulfone groups is 5. The maximum absolute atomic E-state index is 13.9. The van der Waals surface area contributed by atoms with Crippen LogP contribution in [0, 0.1) is 82.0 Å². The van der Waals surface area contributed by atoms with Gasteiger partial charge in [-0.15, -0.1) is 12.8 Å². The van der Waals surface area contributed by atoms with Gasteiger partial charge in [0.05, 0.1) is 103 Å². The van der Waals surface area contributed by atoms with Gasteiger partial charge in [0.1, 0.15) is 12.1 Å². The molecule has 0 atom stereocenters. The minimum absolute atomic E-state index is 0. The number of aryl methyl sites for hydroxylation is 10. The van der Waals surface area contributed by atoms with Crippen molar-refractivity contribution in [2.75, 3.05) is 57.2 Å². The normalized spacial score (nSPS) is 14.0. The Balaban J connectivity index is 0.000000181. The van der Waals surface area contributed by atoms with Gasteiger partial charge in [0.15, 0.2) is 49.2 Å². The van der Waals surface area contributed by atoms with Crippen molar-refractivity contribution < 1.29 is 55.3 Å². The summed E-state index contributed by atoms with van der Waals surface area (Å²) in [6, 6.07) is 59.6. The molecule has 141 heavy (non-hydrogen) atoms. The SMILES string of the molecule is C.C#Cc1cc(CS(=O)(=O)Cc2ccc(C)cc2)cc2c1N(CC)C(=C)CC2.C#Cc1cc(CS(=O)(=O)Cc2ccc(C)cc2)cc2c1N(CCC)C(=C)CC2.C=C1CCc2cc(CS(=O)(=O)Cc3ccc(C)cc3)cc(C#N)c2N1CC.C=C1CCc2cc(CS(=O)(=O)Cc3ccc(C)cc3)cc(C#N)c2N1CCC.C=C1CCc2cc(CS(=O)(=O)Cc3ccc(C)cc3)cc(C(F)(F)F)c2N1CCC. The zero-order chi connectivity index (χ0) is 102. The number of alkyl halides is 3. The van der Waals surface area contributed by atoms with E-state index in [4.69, 9.17) is 12.8 Å². The lowest BCUT2D eigenvalue weighted by Crippen LogP contribution is -2.30. The Morgan fingerprint density at radius 2 is 0.482 bits per heavy atom. The van der Waals surface area contributed by atoms with Crippen molar-refractivity contribution in [2.45, 2.75) is 224 Å². The number of halogens is 3. The molecule has 17 nitrogen and oxygen atoms in total. The Morgan fingerprint density at radius 3 is 0.702 bits per heavy atom. The summed E-state index contributed by atoms with van der Waals surface area (Å²) in [5.74, 6) is 4.84. The second kappa shape index (κ2) is 48.3. The van der Waals surface area contributed by atoms with E-state index >= 15 is 0 Å².